The Hall–Kier alpha value is -2.53. The van der Waals surface area contributed by atoms with Gasteiger partial charge in [-0.25, -0.2) is 4.79 Å². The molecular formula is C15H12ClN3O2. The molecule has 106 valence electrons. The monoisotopic (exact) mass is 301 g/mol. The summed E-state index contributed by atoms with van der Waals surface area (Å²) in [5.41, 5.74) is 3.00. The molecule has 0 aliphatic carbocycles. The number of amides is 1. The van der Waals surface area contributed by atoms with Crippen LogP contribution in [0.3, 0.4) is 0 Å². The number of rotatable bonds is 2. The summed E-state index contributed by atoms with van der Waals surface area (Å²) in [5.74, 6) is -0.260. The molecule has 3 aromatic rings. The Morgan fingerprint density at radius 1 is 1.10 bits per heavy atom. The van der Waals surface area contributed by atoms with Gasteiger partial charge in [0.25, 0.3) is 5.91 Å². The first kappa shape index (κ1) is 13.5. The number of carbonyl (C=O) groups excluding carboxylic acids is 1. The van der Waals surface area contributed by atoms with Crippen LogP contribution in [0, 0.1) is 6.92 Å². The number of nitrogens with one attached hydrogen (secondary N) is 3. The summed E-state index contributed by atoms with van der Waals surface area (Å²) in [6, 6.07) is 10.3. The zero-order chi connectivity index (χ0) is 15.0. The van der Waals surface area contributed by atoms with E-state index in [1.807, 2.05) is 13.0 Å². The predicted molar refractivity (Wildman–Crippen MR) is 83.1 cm³/mol. The molecule has 0 radical (unpaired) electrons. The van der Waals surface area contributed by atoms with Crippen LogP contribution in [0.2, 0.25) is 5.02 Å². The van der Waals surface area contributed by atoms with Crippen LogP contribution < -0.4 is 11.0 Å². The van der Waals surface area contributed by atoms with Crippen molar-refractivity contribution >= 4 is 34.2 Å². The van der Waals surface area contributed by atoms with Crippen LogP contribution in [0.25, 0.3) is 11.0 Å². The number of halogens is 1. The lowest BCUT2D eigenvalue weighted by molar-refractivity contribution is 0.102. The lowest BCUT2D eigenvalue weighted by Crippen LogP contribution is -2.12. The van der Waals surface area contributed by atoms with E-state index in [4.69, 9.17) is 11.6 Å². The van der Waals surface area contributed by atoms with Crippen LogP contribution in [0.5, 0.6) is 0 Å². The molecule has 0 saturated heterocycles. The molecule has 3 N–H and O–H groups in total. The van der Waals surface area contributed by atoms with Gasteiger partial charge in [0, 0.05) is 16.3 Å². The molecule has 0 bridgehead atoms. The second kappa shape index (κ2) is 5.10. The van der Waals surface area contributed by atoms with E-state index in [1.165, 1.54) is 0 Å². The van der Waals surface area contributed by atoms with Gasteiger partial charge in [-0.15, -0.1) is 0 Å². The first-order chi connectivity index (χ1) is 10.0. The van der Waals surface area contributed by atoms with Crippen molar-refractivity contribution in [1.29, 1.82) is 0 Å². The minimum Gasteiger partial charge on any atom is -0.322 e. The Bertz CT molecular complexity index is 895. The van der Waals surface area contributed by atoms with E-state index >= 15 is 0 Å². The summed E-state index contributed by atoms with van der Waals surface area (Å²) in [5, 5.41) is 3.37. The number of carbonyl (C=O) groups is 1. The van der Waals surface area contributed by atoms with Crippen LogP contribution in [0.1, 0.15) is 15.9 Å². The summed E-state index contributed by atoms with van der Waals surface area (Å²) < 4.78 is 0. The molecule has 0 unspecified atom stereocenters. The number of aryl methyl sites for hydroxylation is 1. The van der Waals surface area contributed by atoms with Gasteiger partial charge in [-0.1, -0.05) is 17.7 Å². The first-order valence-corrected chi connectivity index (χ1v) is 6.70. The number of H-pyrrole nitrogens is 2. The molecule has 21 heavy (non-hydrogen) atoms. The first-order valence-electron chi connectivity index (χ1n) is 6.32. The van der Waals surface area contributed by atoms with E-state index in [9.17, 15) is 9.59 Å². The third kappa shape index (κ3) is 2.68. The highest BCUT2D eigenvalue weighted by Gasteiger charge is 2.10. The average molecular weight is 302 g/mol. The largest absolute Gasteiger partial charge is 0.323 e. The van der Waals surface area contributed by atoms with Crippen LogP contribution in [0.15, 0.2) is 41.2 Å². The highest BCUT2D eigenvalue weighted by atomic mass is 35.5. The fourth-order valence-electron chi connectivity index (χ4n) is 2.10. The highest BCUT2D eigenvalue weighted by Crippen LogP contribution is 2.21. The van der Waals surface area contributed by atoms with Crippen molar-refractivity contribution in [2.75, 3.05) is 5.32 Å². The molecule has 0 saturated carbocycles. The van der Waals surface area contributed by atoms with Gasteiger partial charge in [-0.3, -0.25) is 4.79 Å². The number of imidazole rings is 1. The molecule has 1 amide bonds. The van der Waals surface area contributed by atoms with Gasteiger partial charge in [0.05, 0.1) is 11.0 Å². The molecular weight excluding hydrogens is 290 g/mol. The third-order valence-electron chi connectivity index (χ3n) is 3.23. The van der Waals surface area contributed by atoms with Crippen molar-refractivity contribution in [3.8, 4) is 0 Å². The molecule has 0 spiro atoms. The van der Waals surface area contributed by atoms with Crippen molar-refractivity contribution in [3.63, 3.8) is 0 Å². The Kier molecular flexibility index (Phi) is 3.27. The number of anilines is 1. The van der Waals surface area contributed by atoms with Gasteiger partial charge in [-0.2, -0.15) is 0 Å². The smallest absolute Gasteiger partial charge is 0.322 e. The summed E-state index contributed by atoms with van der Waals surface area (Å²) in [6.07, 6.45) is 0. The number of benzene rings is 2. The summed E-state index contributed by atoms with van der Waals surface area (Å²) in [6.45, 7) is 1.89. The number of aromatic nitrogens is 2. The minimum absolute atomic E-state index is 0.260. The van der Waals surface area contributed by atoms with Gasteiger partial charge in [0.15, 0.2) is 0 Å². The molecule has 0 aliphatic rings. The van der Waals surface area contributed by atoms with Gasteiger partial charge in [-0.05, 0) is 42.8 Å². The maximum Gasteiger partial charge on any atom is 0.323 e. The lowest BCUT2D eigenvalue weighted by atomic mass is 10.1. The predicted octanol–water partition coefficient (Wildman–Crippen LogP) is 3.07. The molecule has 1 aromatic heterocycles. The normalized spacial score (nSPS) is 10.8. The quantitative estimate of drug-likeness (QED) is 0.680. The standard InChI is InChI=1S/C15H12ClN3O2/c1-8-2-4-10(16)7-12(8)17-14(20)9-3-5-11-13(6-9)19-15(21)18-11/h2-7H,1H3,(H,17,20)(H2,18,19,21). The number of aromatic amines is 2. The topological polar surface area (TPSA) is 77.8 Å². The van der Waals surface area contributed by atoms with E-state index in [0.717, 1.165) is 5.56 Å². The van der Waals surface area contributed by atoms with E-state index in [0.29, 0.717) is 27.3 Å². The number of hydrogen-bond acceptors (Lipinski definition) is 2. The van der Waals surface area contributed by atoms with Gasteiger partial charge >= 0.3 is 5.69 Å². The van der Waals surface area contributed by atoms with Gasteiger partial charge < -0.3 is 15.3 Å². The molecule has 0 fully saturated rings. The summed E-state index contributed by atoms with van der Waals surface area (Å²) >= 11 is 5.93. The lowest BCUT2D eigenvalue weighted by Gasteiger charge is -2.09. The molecule has 1 heterocycles. The zero-order valence-electron chi connectivity index (χ0n) is 11.2. The van der Waals surface area contributed by atoms with Crippen molar-refractivity contribution in [1.82, 2.24) is 9.97 Å². The Labute approximate surface area is 125 Å². The average Bonchev–Trinajstić information content (AvgIpc) is 2.81. The van der Waals surface area contributed by atoms with Crippen LogP contribution >= 0.6 is 11.6 Å². The van der Waals surface area contributed by atoms with Crippen LogP contribution in [-0.4, -0.2) is 15.9 Å². The Morgan fingerprint density at radius 3 is 2.67 bits per heavy atom. The van der Waals surface area contributed by atoms with Crippen LogP contribution in [-0.2, 0) is 0 Å². The molecule has 0 atom stereocenters. The minimum atomic E-state index is -0.298. The summed E-state index contributed by atoms with van der Waals surface area (Å²) in [7, 11) is 0. The van der Waals surface area contributed by atoms with Crippen molar-refractivity contribution in [2.24, 2.45) is 0 Å². The molecule has 0 aliphatic heterocycles. The molecule has 3 rings (SSSR count). The molecule has 5 nitrogen and oxygen atoms in total. The fraction of sp³-hybridized carbons (Fsp3) is 0.0667. The summed E-state index contributed by atoms with van der Waals surface area (Å²) in [4.78, 5) is 28.7. The number of fused-ring (bicyclic) bond motifs is 1. The zero-order valence-corrected chi connectivity index (χ0v) is 11.9. The highest BCUT2D eigenvalue weighted by molar-refractivity contribution is 6.31. The Morgan fingerprint density at radius 2 is 1.86 bits per heavy atom. The van der Waals surface area contributed by atoms with Crippen molar-refractivity contribution in [2.45, 2.75) is 6.92 Å². The van der Waals surface area contributed by atoms with Crippen molar-refractivity contribution < 1.29 is 4.79 Å². The van der Waals surface area contributed by atoms with E-state index in [1.54, 1.807) is 30.3 Å². The SMILES string of the molecule is Cc1ccc(Cl)cc1NC(=O)c1ccc2[nH]c(=O)[nH]c2c1. The second-order valence-electron chi connectivity index (χ2n) is 4.75. The maximum atomic E-state index is 12.3. The van der Waals surface area contributed by atoms with Crippen LogP contribution in [0.4, 0.5) is 5.69 Å². The van der Waals surface area contributed by atoms with Gasteiger partial charge in [0.1, 0.15) is 0 Å². The molecule has 2 aromatic carbocycles. The van der Waals surface area contributed by atoms with E-state index in [-0.39, 0.29) is 11.6 Å². The van der Waals surface area contributed by atoms with Gasteiger partial charge in [0.2, 0.25) is 0 Å². The third-order valence-corrected chi connectivity index (χ3v) is 3.46. The van der Waals surface area contributed by atoms with E-state index < -0.39 is 0 Å². The second-order valence-corrected chi connectivity index (χ2v) is 5.19. The van der Waals surface area contributed by atoms with E-state index in [2.05, 4.69) is 15.3 Å². The Balaban J connectivity index is 1.92. The fourth-order valence-corrected chi connectivity index (χ4v) is 2.27. The molecule has 6 heteroatoms. The number of hydrogen-bond donors (Lipinski definition) is 3. The van der Waals surface area contributed by atoms with Crippen molar-refractivity contribution in [3.05, 3.63) is 63.0 Å². The maximum absolute atomic E-state index is 12.3.